The molecular weight excluding hydrogens is 1190 g/mol. The number of carbonyl (C=O) groups excluding carboxylic acids is 3. The summed E-state index contributed by atoms with van der Waals surface area (Å²) in [4.78, 5) is 58.4. The highest BCUT2D eigenvalue weighted by atomic mass is 31.2. The van der Waals surface area contributed by atoms with Crippen molar-refractivity contribution >= 4 is 33.6 Å². The SMILES string of the molecule is CC/C=C\C/C=C\C/C=C\C/C=C\C/C=C\C/C=C\CCCCC(=O)OCC(O)COP(=O)(O)OCC(O)COP(=O)(O)OCC(COC(=O)CCCCCC/C=C\C/C=C\C/C=C\C/C=C\CC)OC(=O)CCCCCC/C=C\C/C=C\C/C=C\C/C=C\CC. The number of unbranched alkanes of at least 4 members (excludes halogenated alkanes) is 10. The Kier molecular flexibility index (Phi) is 61.4. The Labute approximate surface area is 548 Å². The summed E-state index contributed by atoms with van der Waals surface area (Å²) in [5.74, 6) is -1.69. The van der Waals surface area contributed by atoms with Crippen LogP contribution in [0.1, 0.15) is 213 Å². The molecule has 0 aliphatic rings. The fourth-order valence-electron chi connectivity index (χ4n) is 7.91. The Hall–Kier alpha value is -5.09. The van der Waals surface area contributed by atoms with Crippen LogP contribution in [0.5, 0.6) is 0 Å². The van der Waals surface area contributed by atoms with Crippen LogP contribution in [0.3, 0.4) is 0 Å². The molecule has 0 aromatic rings. The van der Waals surface area contributed by atoms with E-state index in [0.29, 0.717) is 19.3 Å². The van der Waals surface area contributed by atoms with Crippen molar-refractivity contribution in [3.05, 3.63) is 170 Å². The topological polar surface area (TPSA) is 231 Å². The summed E-state index contributed by atoms with van der Waals surface area (Å²) in [6, 6.07) is 0. The smallest absolute Gasteiger partial charge is 0.463 e. The van der Waals surface area contributed by atoms with E-state index < -0.39 is 91.5 Å². The van der Waals surface area contributed by atoms with Gasteiger partial charge in [-0.2, -0.15) is 0 Å². The van der Waals surface area contributed by atoms with Crippen LogP contribution in [0, 0.1) is 0 Å². The largest absolute Gasteiger partial charge is 0.472 e. The first-order chi connectivity index (χ1) is 44.2. The predicted octanol–water partition coefficient (Wildman–Crippen LogP) is 18.5. The van der Waals surface area contributed by atoms with Gasteiger partial charge in [0.15, 0.2) is 6.10 Å². The lowest BCUT2D eigenvalue weighted by atomic mass is 10.1. The quantitative estimate of drug-likeness (QED) is 0.0146. The third-order valence-corrected chi connectivity index (χ3v) is 14.8. The fourth-order valence-corrected chi connectivity index (χ4v) is 9.49. The monoisotopic (exact) mass is 1310 g/mol. The van der Waals surface area contributed by atoms with E-state index in [0.717, 1.165) is 154 Å². The van der Waals surface area contributed by atoms with Gasteiger partial charge in [-0.1, -0.05) is 217 Å². The molecule has 91 heavy (non-hydrogen) atoms. The molecule has 4 N–H and O–H groups in total. The second-order valence-corrected chi connectivity index (χ2v) is 24.4. The van der Waals surface area contributed by atoms with Crippen molar-refractivity contribution in [3.63, 3.8) is 0 Å². The number of hydrogen-bond acceptors (Lipinski definition) is 14. The minimum atomic E-state index is -4.95. The van der Waals surface area contributed by atoms with E-state index in [1.165, 1.54) is 0 Å². The predicted molar refractivity (Wildman–Crippen MR) is 371 cm³/mol. The second kappa shape index (κ2) is 65.0. The Bertz CT molecular complexity index is 2340. The van der Waals surface area contributed by atoms with Crippen LogP contribution in [-0.2, 0) is 55.8 Å². The van der Waals surface area contributed by atoms with Crippen LogP contribution in [0.15, 0.2) is 170 Å². The lowest BCUT2D eigenvalue weighted by Crippen LogP contribution is -2.30. The lowest BCUT2D eigenvalue weighted by molar-refractivity contribution is -0.161. The summed E-state index contributed by atoms with van der Waals surface area (Å²) in [5.41, 5.74) is 0. The van der Waals surface area contributed by atoms with Crippen molar-refractivity contribution in [1.29, 1.82) is 0 Å². The number of esters is 3. The van der Waals surface area contributed by atoms with Gasteiger partial charge in [-0.25, -0.2) is 9.13 Å². The highest BCUT2D eigenvalue weighted by Crippen LogP contribution is 2.45. The maximum atomic E-state index is 12.9. The molecule has 16 nitrogen and oxygen atoms in total. The zero-order chi connectivity index (χ0) is 66.7. The molecule has 0 saturated heterocycles. The van der Waals surface area contributed by atoms with Crippen LogP contribution in [-0.4, -0.2) is 95.9 Å². The van der Waals surface area contributed by atoms with Gasteiger partial charge in [-0.3, -0.25) is 32.5 Å². The van der Waals surface area contributed by atoms with Crippen LogP contribution in [0.25, 0.3) is 0 Å². The second-order valence-electron chi connectivity index (χ2n) is 21.5. The Morgan fingerprint density at radius 2 is 0.549 bits per heavy atom. The molecule has 0 spiro atoms. The first-order valence-electron chi connectivity index (χ1n) is 33.4. The van der Waals surface area contributed by atoms with Gasteiger partial charge >= 0.3 is 33.6 Å². The van der Waals surface area contributed by atoms with Gasteiger partial charge in [0, 0.05) is 19.3 Å². The summed E-state index contributed by atoms with van der Waals surface area (Å²) >= 11 is 0. The molecule has 514 valence electrons. The van der Waals surface area contributed by atoms with Crippen LogP contribution in [0.4, 0.5) is 0 Å². The first-order valence-corrected chi connectivity index (χ1v) is 36.4. The van der Waals surface area contributed by atoms with Gasteiger partial charge < -0.3 is 34.2 Å². The zero-order valence-electron chi connectivity index (χ0n) is 55.4. The molecule has 0 fully saturated rings. The van der Waals surface area contributed by atoms with Crippen molar-refractivity contribution in [2.45, 2.75) is 232 Å². The fraction of sp³-hybridized carbons (Fsp3) is 0.575. The van der Waals surface area contributed by atoms with E-state index in [9.17, 15) is 43.5 Å². The molecule has 5 atom stereocenters. The number of aliphatic hydroxyl groups excluding tert-OH is 2. The van der Waals surface area contributed by atoms with Gasteiger partial charge in [0.25, 0.3) is 0 Å². The van der Waals surface area contributed by atoms with Crippen LogP contribution >= 0.6 is 15.6 Å². The van der Waals surface area contributed by atoms with E-state index in [1.54, 1.807) is 0 Å². The van der Waals surface area contributed by atoms with E-state index >= 15 is 0 Å². The average Bonchev–Trinajstić information content (AvgIpc) is 3.74. The number of hydrogen-bond donors (Lipinski definition) is 4. The van der Waals surface area contributed by atoms with E-state index in [2.05, 4.69) is 191 Å². The first kappa shape index (κ1) is 85.9. The van der Waals surface area contributed by atoms with Gasteiger partial charge in [-0.15, -0.1) is 0 Å². The van der Waals surface area contributed by atoms with Gasteiger partial charge in [0.1, 0.15) is 25.4 Å². The van der Waals surface area contributed by atoms with Crippen molar-refractivity contribution < 1.29 is 75.8 Å². The Morgan fingerprint density at radius 1 is 0.308 bits per heavy atom. The van der Waals surface area contributed by atoms with Crippen molar-refractivity contribution in [1.82, 2.24) is 0 Å². The summed E-state index contributed by atoms with van der Waals surface area (Å²) in [6.07, 6.45) is 79.8. The number of phosphoric acid groups is 2. The van der Waals surface area contributed by atoms with Crippen molar-refractivity contribution in [2.24, 2.45) is 0 Å². The lowest BCUT2D eigenvalue weighted by Gasteiger charge is -2.21. The molecule has 0 amide bonds. The molecule has 0 aromatic heterocycles. The molecule has 0 aromatic carbocycles. The molecule has 0 radical (unpaired) electrons. The maximum Gasteiger partial charge on any atom is 0.472 e. The van der Waals surface area contributed by atoms with Crippen molar-refractivity contribution in [3.8, 4) is 0 Å². The number of aliphatic hydroxyl groups is 2. The van der Waals surface area contributed by atoms with E-state index in [4.69, 9.17) is 32.3 Å². The highest BCUT2D eigenvalue weighted by molar-refractivity contribution is 7.47. The van der Waals surface area contributed by atoms with E-state index in [1.807, 2.05) is 0 Å². The van der Waals surface area contributed by atoms with Gasteiger partial charge in [-0.05, 0) is 148 Å². The summed E-state index contributed by atoms with van der Waals surface area (Å²) in [5, 5.41) is 20.5. The van der Waals surface area contributed by atoms with E-state index in [-0.39, 0.29) is 19.3 Å². The molecular formula is C73H116O16P2. The van der Waals surface area contributed by atoms with Gasteiger partial charge in [0.05, 0.1) is 26.4 Å². The van der Waals surface area contributed by atoms with Crippen LogP contribution < -0.4 is 0 Å². The summed E-state index contributed by atoms with van der Waals surface area (Å²) in [6.45, 7) is 2.17. The number of ether oxygens (including phenoxy) is 3. The normalized spacial score (nSPS) is 15.3. The average molecular weight is 1310 g/mol. The molecule has 0 heterocycles. The number of carbonyl (C=O) groups is 3. The molecule has 0 bridgehead atoms. The molecule has 0 saturated carbocycles. The van der Waals surface area contributed by atoms with Gasteiger partial charge in [0.2, 0.25) is 0 Å². The summed E-state index contributed by atoms with van der Waals surface area (Å²) in [7, 11) is -9.82. The minimum absolute atomic E-state index is 0.0625. The Balaban J connectivity index is 4.79. The zero-order valence-corrected chi connectivity index (χ0v) is 57.2. The molecule has 18 heteroatoms. The van der Waals surface area contributed by atoms with Crippen molar-refractivity contribution in [2.75, 3.05) is 39.6 Å². The maximum absolute atomic E-state index is 12.9. The minimum Gasteiger partial charge on any atom is -0.463 e. The standard InChI is InChI=1S/C73H116O16P2/c1-4-7-10-13-16-19-22-25-28-31-32-33-34-37-39-41-44-47-50-53-56-59-71(76)83-62-68(74)63-85-90(79,80)86-64-69(75)65-87-91(81,82)88-67-70(89-73(78)61-58-55-52-49-46-43-40-36-30-27-24-21-18-15-12-9-6-3)66-84-72(77)60-57-54-51-48-45-42-38-35-29-26-23-20-17-14-11-8-5-2/h7-12,16-21,25-30,32-33,37-40,42-44,47,68-70,74-75H,4-6,13-15,22-24,31,34-36,41,45-46,48-67H2,1-3H3,(H,79,80)(H,81,82)/b10-7-,11-8-,12-9-,19-16-,20-17-,21-18-,28-25-,29-26-,30-27-,33-32-,39-37-,42-38-,43-40-,47-44-. The Morgan fingerprint density at radius 3 is 0.879 bits per heavy atom. The highest BCUT2D eigenvalue weighted by Gasteiger charge is 2.29. The molecule has 0 aliphatic carbocycles. The third kappa shape index (κ3) is 66.2. The molecule has 0 rings (SSSR count). The number of phosphoric ester groups is 2. The summed E-state index contributed by atoms with van der Waals surface area (Å²) < 4.78 is 60.8. The molecule has 0 aliphatic heterocycles. The molecule has 5 unspecified atom stereocenters. The number of allylic oxidation sites excluding steroid dienone is 28. The number of rotatable bonds is 61. The van der Waals surface area contributed by atoms with Crippen LogP contribution in [0.2, 0.25) is 0 Å². The third-order valence-electron chi connectivity index (χ3n) is 12.9.